The fourth-order valence-electron chi connectivity index (χ4n) is 3.54. The summed E-state index contributed by atoms with van der Waals surface area (Å²) < 4.78 is 15.7. The molecule has 1 aromatic carbocycles. The lowest BCUT2D eigenvalue weighted by Gasteiger charge is -2.32. The Morgan fingerprint density at radius 2 is 2.07 bits per heavy atom. The number of carbonyl (C=O) groups excluding carboxylic acids is 2. The predicted molar refractivity (Wildman–Crippen MR) is 120 cm³/mol. The molecule has 30 heavy (non-hydrogen) atoms. The van der Waals surface area contributed by atoms with Crippen LogP contribution in [0.5, 0.6) is 5.75 Å². The van der Waals surface area contributed by atoms with Crippen LogP contribution in [0.1, 0.15) is 26.3 Å². The lowest BCUT2D eigenvalue weighted by atomic mass is 9.84. The molecule has 3 atom stereocenters. The van der Waals surface area contributed by atoms with E-state index in [4.69, 9.17) is 14.2 Å². The summed E-state index contributed by atoms with van der Waals surface area (Å²) in [5.74, 6) is 2.52. The summed E-state index contributed by atoms with van der Waals surface area (Å²) in [5.41, 5.74) is -0.242. The predicted octanol–water partition coefficient (Wildman–Crippen LogP) is 3.51. The molecule has 3 rings (SSSR count). The molecule has 0 radical (unpaired) electrons. The molecule has 2 heterocycles. The molecule has 7 nitrogen and oxygen atoms in total. The summed E-state index contributed by atoms with van der Waals surface area (Å²) in [6.07, 6.45) is -0.790. The van der Waals surface area contributed by atoms with Gasteiger partial charge in [0.25, 0.3) is 0 Å². The van der Waals surface area contributed by atoms with E-state index in [0.29, 0.717) is 11.5 Å². The Kier molecular flexibility index (Phi) is 6.91. The minimum absolute atomic E-state index is 0.149. The molecular formula is C21H28N2O5S2. The fraction of sp³-hybridized carbons (Fsp3) is 0.571. The highest BCUT2D eigenvalue weighted by Crippen LogP contribution is 2.42. The summed E-state index contributed by atoms with van der Waals surface area (Å²) in [5, 5.41) is 3.74. The van der Waals surface area contributed by atoms with Crippen LogP contribution in [-0.4, -0.2) is 60.5 Å². The van der Waals surface area contributed by atoms with E-state index in [1.807, 2.05) is 38.1 Å². The lowest BCUT2D eigenvalue weighted by molar-refractivity contribution is -0.145. The van der Waals surface area contributed by atoms with Gasteiger partial charge in [-0.2, -0.15) is 11.8 Å². The second-order valence-electron chi connectivity index (χ2n) is 8.13. The Morgan fingerprint density at radius 1 is 1.37 bits per heavy atom. The third kappa shape index (κ3) is 4.72. The zero-order chi connectivity index (χ0) is 21.9. The van der Waals surface area contributed by atoms with Crippen LogP contribution >= 0.6 is 23.5 Å². The van der Waals surface area contributed by atoms with Gasteiger partial charge < -0.3 is 19.5 Å². The fourth-order valence-corrected chi connectivity index (χ4v) is 5.95. The number of hydrogen-bond acceptors (Lipinski definition) is 8. The first-order valence-corrected chi connectivity index (χ1v) is 11.8. The smallest absolute Gasteiger partial charge is 0.407 e. The van der Waals surface area contributed by atoms with Crippen LogP contribution in [-0.2, 0) is 20.0 Å². The van der Waals surface area contributed by atoms with Crippen molar-refractivity contribution in [3.05, 3.63) is 29.8 Å². The van der Waals surface area contributed by atoms with E-state index in [9.17, 15) is 9.59 Å². The van der Waals surface area contributed by atoms with Gasteiger partial charge in [-0.25, -0.2) is 9.59 Å². The molecule has 1 fully saturated rings. The lowest BCUT2D eigenvalue weighted by Crippen LogP contribution is -2.46. The third-order valence-electron chi connectivity index (χ3n) is 5.35. The quantitative estimate of drug-likeness (QED) is 0.604. The maximum absolute atomic E-state index is 12.1. The molecule has 0 spiro atoms. The summed E-state index contributed by atoms with van der Waals surface area (Å²) in [6, 6.07) is 7.80. The number of benzene rings is 1. The van der Waals surface area contributed by atoms with Gasteiger partial charge in [0.15, 0.2) is 5.54 Å². The second-order valence-corrected chi connectivity index (χ2v) is 10.1. The van der Waals surface area contributed by atoms with E-state index in [-0.39, 0.29) is 18.1 Å². The van der Waals surface area contributed by atoms with Crippen molar-refractivity contribution in [2.75, 3.05) is 25.7 Å². The molecule has 0 aliphatic carbocycles. The molecular weight excluding hydrogens is 424 g/mol. The van der Waals surface area contributed by atoms with Gasteiger partial charge in [-0.3, -0.25) is 4.99 Å². The van der Waals surface area contributed by atoms with Crippen LogP contribution in [0.15, 0.2) is 29.3 Å². The van der Waals surface area contributed by atoms with Crippen molar-refractivity contribution >= 4 is 40.6 Å². The average Bonchev–Trinajstić information content (AvgIpc) is 3.32. The summed E-state index contributed by atoms with van der Waals surface area (Å²) in [4.78, 5) is 28.8. The zero-order valence-corrected chi connectivity index (χ0v) is 19.5. The van der Waals surface area contributed by atoms with E-state index in [1.165, 1.54) is 24.4 Å². The van der Waals surface area contributed by atoms with Gasteiger partial charge in [-0.1, -0.05) is 26.0 Å². The van der Waals surface area contributed by atoms with Crippen LogP contribution in [0, 0.1) is 5.41 Å². The van der Waals surface area contributed by atoms with E-state index in [1.54, 1.807) is 25.8 Å². The Bertz CT molecular complexity index is 827. The molecule has 1 saturated heterocycles. The minimum Gasteiger partial charge on any atom is -0.497 e. The van der Waals surface area contributed by atoms with Gasteiger partial charge in [-0.05, 0) is 24.6 Å². The number of thioether (sulfide) groups is 2. The van der Waals surface area contributed by atoms with Crippen molar-refractivity contribution in [3.63, 3.8) is 0 Å². The number of rotatable bonds is 8. The van der Waals surface area contributed by atoms with E-state index in [0.717, 1.165) is 16.5 Å². The minimum atomic E-state index is -0.902. The Hall–Kier alpha value is -1.87. The Morgan fingerprint density at radius 3 is 2.70 bits per heavy atom. The van der Waals surface area contributed by atoms with Crippen molar-refractivity contribution in [2.45, 2.75) is 44.2 Å². The Balaban J connectivity index is 1.66. The number of carbonyl (C=O) groups is 2. The molecule has 0 bridgehead atoms. The second kappa shape index (κ2) is 9.09. The number of alkyl carbamates (subject to hydrolysis) is 1. The number of amides is 1. The number of nitrogens with one attached hydrogen (secondary N) is 1. The number of aliphatic imine (C=N–C) groups is 1. The van der Waals surface area contributed by atoms with E-state index < -0.39 is 17.0 Å². The van der Waals surface area contributed by atoms with Crippen LogP contribution in [0.25, 0.3) is 0 Å². The maximum atomic E-state index is 12.1. The molecule has 0 unspecified atom stereocenters. The van der Waals surface area contributed by atoms with Gasteiger partial charge in [0.2, 0.25) is 0 Å². The number of methoxy groups -OCH3 is 2. The van der Waals surface area contributed by atoms with Gasteiger partial charge in [0, 0.05) is 17.3 Å². The molecule has 1 aromatic rings. The molecule has 1 amide bonds. The summed E-state index contributed by atoms with van der Waals surface area (Å²) >= 11 is 3.26. The first-order chi connectivity index (χ1) is 14.2. The topological polar surface area (TPSA) is 86.2 Å². The van der Waals surface area contributed by atoms with Crippen LogP contribution in [0.4, 0.5) is 4.79 Å². The number of hydrogen-bond donors (Lipinski definition) is 1. The summed E-state index contributed by atoms with van der Waals surface area (Å²) in [6.45, 7) is 5.79. The summed E-state index contributed by atoms with van der Waals surface area (Å²) in [7, 11) is 3.02. The third-order valence-corrected chi connectivity index (χ3v) is 8.08. The highest BCUT2D eigenvalue weighted by atomic mass is 32.2. The molecule has 2 aliphatic rings. The molecule has 2 aliphatic heterocycles. The van der Waals surface area contributed by atoms with Crippen molar-refractivity contribution in [1.29, 1.82) is 0 Å². The van der Waals surface area contributed by atoms with Crippen LogP contribution in [0.2, 0.25) is 0 Å². The van der Waals surface area contributed by atoms with Crippen LogP contribution in [0.3, 0.4) is 0 Å². The zero-order valence-electron chi connectivity index (χ0n) is 17.9. The average molecular weight is 453 g/mol. The largest absolute Gasteiger partial charge is 0.497 e. The maximum Gasteiger partial charge on any atom is 0.407 e. The first kappa shape index (κ1) is 22.8. The van der Waals surface area contributed by atoms with Gasteiger partial charge in [0.1, 0.15) is 11.9 Å². The van der Waals surface area contributed by atoms with Gasteiger partial charge in [0.05, 0.1) is 30.7 Å². The highest BCUT2D eigenvalue weighted by Gasteiger charge is 2.51. The standard InChI is InChI=1S/C21H28N2O5S2/c1-20(2,17-23-21(3,12-30-17)18(24)27-5)16-15(22-19(25)28-16)11-29-10-13-6-8-14(26-4)9-7-13/h6-9,15-16H,10-12H2,1-5H3,(H,22,25)/t15-,16+,21+/m0/s1. The van der Waals surface area contributed by atoms with Crippen molar-refractivity contribution in [3.8, 4) is 5.75 Å². The number of nitrogens with zero attached hydrogens (tertiary/aromatic N) is 1. The monoisotopic (exact) mass is 452 g/mol. The van der Waals surface area contributed by atoms with Crippen molar-refractivity contribution in [1.82, 2.24) is 5.32 Å². The van der Waals surface area contributed by atoms with E-state index in [2.05, 4.69) is 10.3 Å². The molecule has 0 saturated carbocycles. The SMILES string of the molecule is COC(=O)[C@@]1(C)CSC(C(C)(C)[C@@H]2OC(=O)N[C@H]2CSCc2ccc(OC)cc2)=N1. The van der Waals surface area contributed by atoms with Gasteiger partial charge >= 0.3 is 12.1 Å². The molecule has 0 aromatic heterocycles. The van der Waals surface area contributed by atoms with Crippen molar-refractivity contribution < 1.29 is 23.8 Å². The molecule has 164 valence electrons. The highest BCUT2D eigenvalue weighted by molar-refractivity contribution is 8.14. The first-order valence-electron chi connectivity index (χ1n) is 9.69. The molecule has 9 heteroatoms. The normalized spacial score (nSPS) is 26.0. The number of ether oxygens (including phenoxy) is 3. The molecule has 1 N–H and O–H groups in total. The van der Waals surface area contributed by atoms with Gasteiger partial charge in [-0.15, -0.1) is 11.8 Å². The van der Waals surface area contributed by atoms with Crippen molar-refractivity contribution in [2.24, 2.45) is 10.4 Å². The Labute approximate surface area is 185 Å². The van der Waals surface area contributed by atoms with Crippen LogP contribution < -0.4 is 10.1 Å². The van der Waals surface area contributed by atoms with E-state index >= 15 is 0 Å². The number of esters is 1. The number of cyclic esters (lactones) is 1.